The van der Waals surface area contributed by atoms with E-state index in [9.17, 15) is 10.1 Å². The van der Waals surface area contributed by atoms with E-state index < -0.39 is 11.9 Å². The molecule has 0 radical (unpaired) electrons. The number of carbonyl (C=O) groups is 1. The average molecular weight is 347 g/mol. The van der Waals surface area contributed by atoms with Crippen LogP contribution in [0.2, 0.25) is 5.02 Å². The molecule has 0 amide bonds. The molecular formula is C18H19ClN2O3. The average Bonchev–Trinajstić information content (AvgIpc) is 2.55. The standard InChI is InChI=1S/C18H19ClN2O3/c1-3-5-14-16(18(22)23-4-2)15(13(10-20)17(21)24-14)11-6-8-12(19)9-7-11/h6-9,15H,3-5,21H2,1-2H3/t15-/m1/s1. The van der Waals surface area contributed by atoms with E-state index >= 15 is 0 Å². The first-order valence-corrected chi connectivity index (χ1v) is 8.14. The number of nitrogens with zero attached hydrogens (tertiary/aromatic N) is 1. The Balaban J connectivity index is 2.63. The molecular weight excluding hydrogens is 328 g/mol. The van der Waals surface area contributed by atoms with E-state index in [0.29, 0.717) is 22.8 Å². The van der Waals surface area contributed by atoms with Gasteiger partial charge < -0.3 is 15.2 Å². The molecule has 1 aliphatic heterocycles. The third kappa shape index (κ3) is 3.55. The van der Waals surface area contributed by atoms with Crippen molar-refractivity contribution in [2.75, 3.05) is 6.61 Å². The Labute approximate surface area is 146 Å². The maximum Gasteiger partial charge on any atom is 0.338 e. The van der Waals surface area contributed by atoms with E-state index in [2.05, 4.69) is 6.07 Å². The lowest BCUT2D eigenvalue weighted by Crippen LogP contribution is -2.26. The fourth-order valence-electron chi connectivity index (χ4n) is 2.65. The van der Waals surface area contributed by atoms with Gasteiger partial charge in [0.15, 0.2) is 0 Å². The number of nitrogens with two attached hydrogens (primary N) is 1. The molecule has 0 bridgehead atoms. The highest BCUT2D eigenvalue weighted by Gasteiger charge is 2.37. The summed E-state index contributed by atoms with van der Waals surface area (Å²) in [6.07, 6.45) is 1.29. The number of benzene rings is 1. The third-order valence-corrected chi connectivity index (χ3v) is 3.92. The SMILES string of the molecule is CCCC1=C(C(=O)OCC)[C@H](c2ccc(Cl)cc2)C(C#N)=C(N)O1. The first-order valence-electron chi connectivity index (χ1n) is 7.76. The van der Waals surface area contributed by atoms with Crippen LogP contribution in [0, 0.1) is 11.3 Å². The van der Waals surface area contributed by atoms with Crippen LogP contribution in [0.5, 0.6) is 0 Å². The maximum absolute atomic E-state index is 12.5. The third-order valence-electron chi connectivity index (χ3n) is 3.67. The summed E-state index contributed by atoms with van der Waals surface area (Å²) < 4.78 is 10.8. The summed E-state index contributed by atoms with van der Waals surface area (Å²) in [7, 11) is 0. The predicted octanol–water partition coefficient (Wildman–Crippen LogP) is 3.76. The highest BCUT2D eigenvalue weighted by molar-refractivity contribution is 6.30. The molecule has 1 aliphatic rings. The van der Waals surface area contributed by atoms with Crippen molar-refractivity contribution in [2.24, 2.45) is 5.73 Å². The monoisotopic (exact) mass is 346 g/mol. The quantitative estimate of drug-likeness (QED) is 0.820. The van der Waals surface area contributed by atoms with Gasteiger partial charge in [-0.15, -0.1) is 0 Å². The second-order valence-electron chi connectivity index (χ2n) is 5.28. The van der Waals surface area contributed by atoms with E-state index in [1.165, 1.54) is 0 Å². The van der Waals surface area contributed by atoms with Crippen molar-refractivity contribution in [3.8, 4) is 6.07 Å². The summed E-state index contributed by atoms with van der Waals surface area (Å²) in [5, 5.41) is 10.1. The molecule has 1 aromatic rings. The molecule has 126 valence electrons. The summed E-state index contributed by atoms with van der Waals surface area (Å²) >= 11 is 5.95. The number of rotatable bonds is 5. The number of halogens is 1. The molecule has 1 aromatic carbocycles. The van der Waals surface area contributed by atoms with Gasteiger partial charge in [0.2, 0.25) is 5.88 Å². The zero-order chi connectivity index (χ0) is 17.7. The second-order valence-corrected chi connectivity index (χ2v) is 5.72. The van der Waals surface area contributed by atoms with E-state index in [1.807, 2.05) is 6.92 Å². The van der Waals surface area contributed by atoms with Gasteiger partial charge >= 0.3 is 5.97 Å². The fraction of sp³-hybridized carbons (Fsp3) is 0.333. The van der Waals surface area contributed by atoms with Gasteiger partial charge in [-0.1, -0.05) is 30.7 Å². The summed E-state index contributed by atoms with van der Waals surface area (Å²) in [6.45, 7) is 3.93. The lowest BCUT2D eigenvalue weighted by Gasteiger charge is -2.28. The summed E-state index contributed by atoms with van der Waals surface area (Å²) in [5.74, 6) is -0.649. The van der Waals surface area contributed by atoms with Crippen LogP contribution < -0.4 is 5.73 Å². The topological polar surface area (TPSA) is 85.3 Å². The van der Waals surface area contributed by atoms with Crippen LogP contribution >= 0.6 is 11.6 Å². The van der Waals surface area contributed by atoms with Crippen LogP contribution in [0.25, 0.3) is 0 Å². The van der Waals surface area contributed by atoms with Gasteiger partial charge in [0.1, 0.15) is 17.4 Å². The van der Waals surface area contributed by atoms with Gasteiger partial charge in [-0.05, 0) is 31.0 Å². The number of carbonyl (C=O) groups excluding carboxylic acids is 1. The van der Waals surface area contributed by atoms with E-state index in [-0.39, 0.29) is 18.1 Å². The molecule has 0 spiro atoms. The first-order chi connectivity index (χ1) is 11.5. The molecule has 1 atom stereocenters. The Hall–Kier alpha value is -2.45. The lowest BCUT2D eigenvalue weighted by atomic mass is 9.82. The maximum atomic E-state index is 12.5. The summed E-state index contributed by atoms with van der Waals surface area (Å²) in [4.78, 5) is 12.5. The largest absolute Gasteiger partial charge is 0.463 e. The minimum absolute atomic E-state index is 0.0222. The normalized spacial score (nSPS) is 17.3. The predicted molar refractivity (Wildman–Crippen MR) is 90.7 cm³/mol. The summed E-state index contributed by atoms with van der Waals surface area (Å²) in [6, 6.07) is 9.02. The van der Waals surface area contributed by atoms with Gasteiger partial charge in [0.05, 0.1) is 18.1 Å². The smallest absolute Gasteiger partial charge is 0.338 e. The fourth-order valence-corrected chi connectivity index (χ4v) is 2.78. The van der Waals surface area contributed by atoms with Gasteiger partial charge in [-0.3, -0.25) is 0 Å². The molecule has 0 saturated heterocycles. The van der Waals surface area contributed by atoms with Gasteiger partial charge in [0.25, 0.3) is 0 Å². The Morgan fingerprint density at radius 1 is 1.38 bits per heavy atom. The van der Waals surface area contributed by atoms with Crippen molar-refractivity contribution in [1.29, 1.82) is 5.26 Å². The Bertz CT molecular complexity index is 730. The lowest BCUT2D eigenvalue weighted by molar-refractivity contribution is -0.139. The number of nitriles is 1. The summed E-state index contributed by atoms with van der Waals surface area (Å²) in [5.41, 5.74) is 7.18. The molecule has 0 unspecified atom stereocenters. The van der Waals surface area contributed by atoms with Crippen LogP contribution in [0.3, 0.4) is 0 Å². The van der Waals surface area contributed by atoms with Crippen molar-refractivity contribution in [3.05, 3.63) is 57.6 Å². The van der Waals surface area contributed by atoms with Crippen LogP contribution in [0.1, 0.15) is 38.2 Å². The molecule has 24 heavy (non-hydrogen) atoms. The van der Waals surface area contributed by atoms with Crippen molar-refractivity contribution < 1.29 is 14.3 Å². The Morgan fingerprint density at radius 2 is 2.04 bits per heavy atom. The minimum atomic E-state index is -0.624. The van der Waals surface area contributed by atoms with Gasteiger partial charge in [0, 0.05) is 11.4 Å². The van der Waals surface area contributed by atoms with Gasteiger partial charge in [-0.25, -0.2) is 4.79 Å². The molecule has 0 fully saturated rings. The van der Waals surface area contributed by atoms with Crippen molar-refractivity contribution in [1.82, 2.24) is 0 Å². The van der Waals surface area contributed by atoms with Crippen molar-refractivity contribution in [2.45, 2.75) is 32.6 Å². The molecule has 2 rings (SSSR count). The zero-order valence-electron chi connectivity index (χ0n) is 13.6. The second kappa shape index (κ2) is 7.89. The molecule has 1 heterocycles. The molecule has 6 heteroatoms. The van der Waals surface area contributed by atoms with Crippen LogP contribution in [0.4, 0.5) is 0 Å². The molecule has 0 aliphatic carbocycles. The highest BCUT2D eigenvalue weighted by atomic mass is 35.5. The van der Waals surface area contributed by atoms with Crippen molar-refractivity contribution in [3.63, 3.8) is 0 Å². The van der Waals surface area contributed by atoms with Crippen LogP contribution in [-0.4, -0.2) is 12.6 Å². The number of hydrogen-bond donors (Lipinski definition) is 1. The first kappa shape index (κ1) is 17.9. The molecule has 0 saturated carbocycles. The Kier molecular flexibility index (Phi) is 5.88. The number of hydrogen-bond acceptors (Lipinski definition) is 5. The van der Waals surface area contributed by atoms with Crippen molar-refractivity contribution >= 4 is 17.6 Å². The molecule has 2 N–H and O–H groups in total. The van der Waals surface area contributed by atoms with Crippen LogP contribution in [0.15, 0.2) is 47.1 Å². The minimum Gasteiger partial charge on any atom is -0.463 e. The molecule has 5 nitrogen and oxygen atoms in total. The zero-order valence-corrected chi connectivity index (χ0v) is 14.4. The molecule has 0 aromatic heterocycles. The number of ether oxygens (including phenoxy) is 2. The van der Waals surface area contributed by atoms with E-state index in [4.69, 9.17) is 26.8 Å². The number of allylic oxidation sites excluding steroid dienone is 2. The number of esters is 1. The van der Waals surface area contributed by atoms with Crippen LogP contribution in [-0.2, 0) is 14.3 Å². The van der Waals surface area contributed by atoms with E-state index in [0.717, 1.165) is 12.0 Å². The van der Waals surface area contributed by atoms with Gasteiger partial charge in [-0.2, -0.15) is 5.26 Å². The Morgan fingerprint density at radius 3 is 2.58 bits per heavy atom. The van der Waals surface area contributed by atoms with E-state index in [1.54, 1.807) is 31.2 Å². The highest BCUT2D eigenvalue weighted by Crippen LogP contribution is 2.41.